The molecule has 0 atom stereocenters. The van der Waals surface area contributed by atoms with E-state index >= 15 is 0 Å². The summed E-state index contributed by atoms with van der Waals surface area (Å²) in [4.78, 5) is 11.1. The minimum absolute atomic E-state index is 0.120. The highest BCUT2D eigenvalue weighted by Crippen LogP contribution is 2.08. The van der Waals surface area contributed by atoms with E-state index in [1.54, 1.807) is 0 Å². The Morgan fingerprint density at radius 1 is 1.56 bits per heavy atom. The van der Waals surface area contributed by atoms with Gasteiger partial charge in [0.2, 0.25) is 5.91 Å². The van der Waals surface area contributed by atoms with Crippen molar-refractivity contribution in [2.24, 2.45) is 0 Å². The molecule has 6 heteroatoms. The van der Waals surface area contributed by atoms with Gasteiger partial charge in [0.1, 0.15) is 0 Å². The second-order valence-corrected chi connectivity index (χ2v) is 2.98. The predicted molar refractivity (Wildman–Crippen MR) is 59.8 cm³/mol. The molecule has 3 N–H and O–H groups in total. The standard InChI is InChI=1S/C10H9BN2O3/c1-2-10(14)13-9-5-7(6-12)3-4-8(9)11(15)16/h2-5,15-16H,1H2,(H,13,14). The predicted octanol–water partition coefficient (Wildman–Crippen LogP) is -0.637. The Kier molecular flexibility index (Phi) is 3.83. The van der Waals surface area contributed by atoms with Gasteiger partial charge in [0.25, 0.3) is 0 Å². The molecule has 0 saturated carbocycles. The Hall–Kier alpha value is -2.10. The molecule has 1 aromatic carbocycles. The Morgan fingerprint density at radius 2 is 2.25 bits per heavy atom. The fourth-order valence-electron chi connectivity index (χ4n) is 1.14. The number of benzene rings is 1. The quantitative estimate of drug-likeness (QED) is 0.462. The second kappa shape index (κ2) is 5.12. The molecule has 0 bridgehead atoms. The lowest BCUT2D eigenvalue weighted by atomic mass is 9.78. The summed E-state index contributed by atoms with van der Waals surface area (Å²) in [5.41, 5.74) is 0.608. The van der Waals surface area contributed by atoms with Crippen molar-refractivity contribution in [3.8, 4) is 6.07 Å². The van der Waals surface area contributed by atoms with E-state index in [-0.39, 0.29) is 11.2 Å². The highest BCUT2D eigenvalue weighted by atomic mass is 16.4. The molecule has 0 unspecified atom stereocenters. The van der Waals surface area contributed by atoms with Crippen LogP contribution < -0.4 is 10.8 Å². The number of nitrogens with zero attached hydrogens (tertiary/aromatic N) is 1. The molecule has 0 heterocycles. The van der Waals surface area contributed by atoms with Gasteiger partial charge in [-0.2, -0.15) is 5.26 Å². The van der Waals surface area contributed by atoms with Crippen LogP contribution in [0, 0.1) is 11.3 Å². The Morgan fingerprint density at radius 3 is 2.75 bits per heavy atom. The highest BCUT2D eigenvalue weighted by Gasteiger charge is 2.17. The SMILES string of the molecule is C=CC(=O)Nc1cc(C#N)ccc1B(O)O. The van der Waals surface area contributed by atoms with Crippen molar-refractivity contribution in [2.45, 2.75) is 0 Å². The molecule has 1 rings (SSSR count). The molecule has 5 nitrogen and oxygen atoms in total. The van der Waals surface area contributed by atoms with Crippen LogP contribution >= 0.6 is 0 Å². The van der Waals surface area contributed by atoms with Gasteiger partial charge in [-0.1, -0.05) is 12.6 Å². The minimum atomic E-state index is -1.71. The van der Waals surface area contributed by atoms with Crippen LogP contribution in [0.4, 0.5) is 5.69 Å². The summed E-state index contributed by atoms with van der Waals surface area (Å²) >= 11 is 0. The van der Waals surface area contributed by atoms with E-state index in [9.17, 15) is 4.79 Å². The average Bonchev–Trinajstić information content (AvgIpc) is 2.28. The first-order valence-electron chi connectivity index (χ1n) is 4.42. The third-order valence-corrected chi connectivity index (χ3v) is 1.90. The number of nitrogens with one attached hydrogen (secondary N) is 1. The zero-order valence-corrected chi connectivity index (χ0v) is 8.34. The number of hydrogen-bond donors (Lipinski definition) is 3. The first-order chi connectivity index (χ1) is 7.58. The monoisotopic (exact) mass is 216 g/mol. The lowest BCUT2D eigenvalue weighted by Crippen LogP contribution is -2.33. The fraction of sp³-hybridized carbons (Fsp3) is 0. The van der Waals surface area contributed by atoms with Crippen LogP contribution in [0.5, 0.6) is 0 Å². The maximum absolute atomic E-state index is 11.1. The summed E-state index contributed by atoms with van der Waals surface area (Å²) in [6.45, 7) is 3.27. The number of hydrogen-bond acceptors (Lipinski definition) is 4. The molecule has 0 radical (unpaired) electrons. The number of amides is 1. The zero-order valence-electron chi connectivity index (χ0n) is 8.34. The lowest BCUT2D eigenvalue weighted by molar-refractivity contribution is -0.111. The number of nitriles is 1. The molecular weight excluding hydrogens is 207 g/mol. The molecule has 1 aromatic rings. The maximum atomic E-state index is 11.1. The third-order valence-electron chi connectivity index (χ3n) is 1.90. The number of carbonyl (C=O) groups is 1. The first-order valence-corrected chi connectivity index (χ1v) is 4.42. The van der Waals surface area contributed by atoms with Crippen LogP contribution in [-0.2, 0) is 4.79 Å². The van der Waals surface area contributed by atoms with E-state index in [1.165, 1.54) is 18.2 Å². The van der Waals surface area contributed by atoms with Gasteiger partial charge >= 0.3 is 7.12 Å². The van der Waals surface area contributed by atoms with E-state index in [0.29, 0.717) is 5.56 Å². The average molecular weight is 216 g/mol. The van der Waals surface area contributed by atoms with E-state index < -0.39 is 13.0 Å². The third kappa shape index (κ3) is 2.70. The van der Waals surface area contributed by atoms with Gasteiger partial charge in [-0.25, -0.2) is 0 Å². The summed E-state index contributed by atoms with van der Waals surface area (Å²) in [5.74, 6) is -0.489. The fourth-order valence-corrected chi connectivity index (χ4v) is 1.14. The molecule has 0 aromatic heterocycles. The zero-order chi connectivity index (χ0) is 12.1. The van der Waals surface area contributed by atoms with Gasteiger partial charge in [0.15, 0.2) is 0 Å². The van der Waals surface area contributed by atoms with E-state index in [0.717, 1.165) is 6.08 Å². The summed E-state index contributed by atoms with van der Waals surface area (Å²) < 4.78 is 0. The van der Waals surface area contributed by atoms with Gasteiger partial charge in [-0.05, 0) is 18.2 Å². The van der Waals surface area contributed by atoms with Crippen LogP contribution in [0.3, 0.4) is 0 Å². The van der Waals surface area contributed by atoms with Gasteiger partial charge < -0.3 is 15.4 Å². The van der Waals surface area contributed by atoms with Crippen LogP contribution in [-0.4, -0.2) is 23.1 Å². The smallest absolute Gasteiger partial charge is 0.423 e. The van der Waals surface area contributed by atoms with Crippen molar-refractivity contribution in [2.75, 3.05) is 5.32 Å². The van der Waals surface area contributed by atoms with E-state index in [1.807, 2.05) is 6.07 Å². The van der Waals surface area contributed by atoms with Crippen molar-refractivity contribution >= 4 is 24.2 Å². The van der Waals surface area contributed by atoms with Gasteiger partial charge in [0.05, 0.1) is 11.6 Å². The Bertz CT molecular complexity index is 466. The second-order valence-electron chi connectivity index (χ2n) is 2.98. The molecule has 1 amide bonds. The van der Waals surface area contributed by atoms with Crippen LogP contribution in [0.2, 0.25) is 0 Å². The number of anilines is 1. The molecule has 16 heavy (non-hydrogen) atoms. The molecular formula is C10H9BN2O3. The Labute approximate surface area is 92.8 Å². The summed E-state index contributed by atoms with van der Waals surface area (Å²) in [7, 11) is -1.71. The first kappa shape index (κ1) is 12.0. The van der Waals surface area contributed by atoms with Crippen molar-refractivity contribution in [1.29, 1.82) is 5.26 Å². The Balaban J connectivity index is 3.16. The van der Waals surface area contributed by atoms with Crippen LogP contribution in [0.15, 0.2) is 30.9 Å². The van der Waals surface area contributed by atoms with Crippen LogP contribution in [0.25, 0.3) is 0 Å². The highest BCUT2D eigenvalue weighted by molar-refractivity contribution is 6.60. The van der Waals surface area contributed by atoms with Crippen molar-refractivity contribution in [1.82, 2.24) is 0 Å². The van der Waals surface area contributed by atoms with Gasteiger partial charge in [-0.3, -0.25) is 4.79 Å². The molecule has 0 fully saturated rings. The normalized spacial score (nSPS) is 9.06. The van der Waals surface area contributed by atoms with E-state index in [4.69, 9.17) is 15.3 Å². The molecule has 0 aliphatic rings. The number of carbonyl (C=O) groups excluding carboxylic acids is 1. The van der Waals surface area contributed by atoms with Gasteiger partial charge in [-0.15, -0.1) is 0 Å². The summed E-state index contributed by atoms with van der Waals surface area (Å²) in [6, 6.07) is 6.03. The van der Waals surface area contributed by atoms with Crippen molar-refractivity contribution < 1.29 is 14.8 Å². The topological polar surface area (TPSA) is 93.4 Å². The molecule has 0 aliphatic heterocycles. The summed E-state index contributed by atoms with van der Waals surface area (Å²) in [5, 5.41) is 29.2. The molecule has 0 saturated heterocycles. The molecule has 0 aliphatic carbocycles. The van der Waals surface area contributed by atoms with Crippen LogP contribution in [0.1, 0.15) is 5.56 Å². The van der Waals surface area contributed by atoms with Crippen molar-refractivity contribution in [3.63, 3.8) is 0 Å². The molecule has 80 valence electrons. The maximum Gasteiger partial charge on any atom is 0.490 e. The summed E-state index contributed by atoms with van der Waals surface area (Å²) in [6.07, 6.45) is 1.05. The minimum Gasteiger partial charge on any atom is -0.423 e. The van der Waals surface area contributed by atoms with Gasteiger partial charge in [0, 0.05) is 11.2 Å². The largest absolute Gasteiger partial charge is 0.490 e. The van der Waals surface area contributed by atoms with E-state index in [2.05, 4.69) is 11.9 Å². The molecule has 0 spiro atoms. The van der Waals surface area contributed by atoms with Crippen molar-refractivity contribution in [3.05, 3.63) is 36.4 Å². The lowest BCUT2D eigenvalue weighted by Gasteiger charge is -2.09. The number of rotatable bonds is 3.